The summed E-state index contributed by atoms with van der Waals surface area (Å²) in [5.41, 5.74) is -0.113. The summed E-state index contributed by atoms with van der Waals surface area (Å²) in [5.74, 6) is -1.57. The van der Waals surface area contributed by atoms with Crippen LogP contribution in [0.15, 0.2) is 18.2 Å². The van der Waals surface area contributed by atoms with E-state index in [1.54, 1.807) is 0 Å². The molecule has 5 nitrogen and oxygen atoms in total. The molecular formula is C14H16F2N2O3S. The number of rotatable bonds is 3. The number of hydrogen-bond acceptors (Lipinski definition) is 3. The molecule has 8 heteroatoms. The van der Waals surface area contributed by atoms with Crippen LogP contribution in [0, 0.1) is 11.6 Å². The monoisotopic (exact) mass is 330 g/mol. The summed E-state index contributed by atoms with van der Waals surface area (Å²) in [6, 6.07) is 1.99. The molecule has 1 saturated heterocycles. The smallest absolute Gasteiger partial charge is 0.318 e. The lowest BCUT2D eigenvalue weighted by atomic mass is 10.2. The van der Waals surface area contributed by atoms with Crippen molar-refractivity contribution in [3.8, 4) is 0 Å². The van der Waals surface area contributed by atoms with Gasteiger partial charge in [-0.15, -0.1) is 0 Å². The highest BCUT2D eigenvalue weighted by atomic mass is 32.2. The number of nitrogens with one attached hydrogen (secondary N) is 1. The van der Waals surface area contributed by atoms with Crippen LogP contribution in [0.5, 0.6) is 0 Å². The fourth-order valence-electron chi connectivity index (χ4n) is 2.75. The minimum Gasteiger partial charge on any atom is -0.318 e. The van der Waals surface area contributed by atoms with E-state index in [0.717, 1.165) is 25.0 Å². The first-order chi connectivity index (χ1) is 10.4. The van der Waals surface area contributed by atoms with Crippen LogP contribution >= 0.6 is 0 Å². The lowest BCUT2D eigenvalue weighted by Gasteiger charge is -2.28. The molecule has 1 atom stereocenters. The van der Waals surface area contributed by atoms with Crippen LogP contribution in [0.4, 0.5) is 19.3 Å². The predicted octanol–water partition coefficient (Wildman–Crippen LogP) is 2.15. The number of amides is 2. The van der Waals surface area contributed by atoms with E-state index in [2.05, 4.69) is 5.32 Å². The van der Waals surface area contributed by atoms with E-state index in [-0.39, 0.29) is 29.3 Å². The Balaban J connectivity index is 1.76. The van der Waals surface area contributed by atoms with Crippen LogP contribution in [-0.4, -0.2) is 42.9 Å². The molecule has 0 spiro atoms. The quantitative estimate of drug-likeness (QED) is 0.923. The second-order valence-electron chi connectivity index (χ2n) is 5.75. The average molecular weight is 330 g/mol. The maximum Gasteiger partial charge on any atom is 0.322 e. The third-order valence-corrected chi connectivity index (χ3v) is 5.70. The number of anilines is 1. The number of halogens is 2. The molecule has 2 fully saturated rings. The first-order valence-electron chi connectivity index (χ1n) is 7.10. The Morgan fingerprint density at radius 1 is 1.18 bits per heavy atom. The fraction of sp³-hybridized carbons (Fsp3) is 0.500. The Morgan fingerprint density at radius 2 is 1.91 bits per heavy atom. The topological polar surface area (TPSA) is 66.5 Å². The largest absolute Gasteiger partial charge is 0.322 e. The summed E-state index contributed by atoms with van der Waals surface area (Å²) < 4.78 is 49.7. The summed E-state index contributed by atoms with van der Waals surface area (Å²) in [6.45, 7) is 0. The van der Waals surface area contributed by atoms with Gasteiger partial charge < -0.3 is 10.2 Å². The van der Waals surface area contributed by atoms with Gasteiger partial charge in [-0.25, -0.2) is 22.0 Å². The third kappa shape index (κ3) is 3.21. The normalized spacial score (nSPS) is 23.3. The zero-order valence-electron chi connectivity index (χ0n) is 11.8. The van der Waals surface area contributed by atoms with Gasteiger partial charge in [-0.05, 0) is 31.4 Å². The van der Waals surface area contributed by atoms with Crippen LogP contribution in [-0.2, 0) is 9.84 Å². The lowest BCUT2D eigenvalue weighted by molar-refractivity contribution is 0.190. The molecule has 2 aliphatic rings. The van der Waals surface area contributed by atoms with E-state index in [1.165, 1.54) is 4.90 Å². The number of carbonyl (C=O) groups is 1. The van der Waals surface area contributed by atoms with Gasteiger partial charge in [0.1, 0.15) is 11.6 Å². The standard InChI is InChI=1S/C14H16F2N2O3S/c15-9-1-4-13(12(16)7-9)17-14(19)18(10-2-3-10)11-5-6-22(20,21)8-11/h1,4,7,10-11H,2-3,5-6,8H2,(H,17,19)/t11-/m0/s1. The van der Waals surface area contributed by atoms with Gasteiger partial charge in [0.25, 0.3) is 0 Å². The molecule has 22 heavy (non-hydrogen) atoms. The molecule has 1 aliphatic carbocycles. The van der Waals surface area contributed by atoms with Crippen molar-refractivity contribution in [1.82, 2.24) is 4.90 Å². The summed E-state index contributed by atoms with van der Waals surface area (Å²) in [4.78, 5) is 13.9. The molecule has 120 valence electrons. The summed E-state index contributed by atoms with van der Waals surface area (Å²) in [7, 11) is -3.11. The summed E-state index contributed by atoms with van der Waals surface area (Å²) in [6.07, 6.45) is 2.03. The average Bonchev–Trinajstić information content (AvgIpc) is 3.18. The second-order valence-corrected chi connectivity index (χ2v) is 7.98. The van der Waals surface area contributed by atoms with Gasteiger partial charge >= 0.3 is 6.03 Å². The zero-order valence-corrected chi connectivity index (χ0v) is 12.6. The third-order valence-electron chi connectivity index (χ3n) is 3.95. The van der Waals surface area contributed by atoms with Crippen molar-refractivity contribution < 1.29 is 22.0 Å². The first-order valence-corrected chi connectivity index (χ1v) is 8.93. The van der Waals surface area contributed by atoms with Crippen LogP contribution in [0.1, 0.15) is 19.3 Å². The van der Waals surface area contributed by atoms with E-state index < -0.39 is 27.5 Å². The van der Waals surface area contributed by atoms with Gasteiger partial charge in [-0.3, -0.25) is 0 Å². The summed E-state index contributed by atoms with van der Waals surface area (Å²) in [5, 5.41) is 2.41. The van der Waals surface area contributed by atoms with Crippen LogP contribution < -0.4 is 5.32 Å². The maximum atomic E-state index is 13.6. The minimum absolute atomic E-state index is 0.00168. The number of nitrogens with zero attached hydrogens (tertiary/aromatic N) is 1. The number of sulfone groups is 1. The van der Waals surface area contributed by atoms with Crippen LogP contribution in [0.3, 0.4) is 0 Å². The first kappa shape index (κ1) is 15.2. The minimum atomic E-state index is -3.11. The van der Waals surface area contributed by atoms with Crippen molar-refractivity contribution in [3.05, 3.63) is 29.8 Å². The van der Waals surface area contributed by atoms with Gasteiger partial charge in [0.15, 0.2) is 9.84 Å². The van der Waals surface area contributed by atoms with Gasteiger partial charge in [-0.2, -0.15) is 0 Å². The molecule has 2 amide bonds. The van der Waals surface area contributed by atoms with Crippen molar-refractivity contribution in [2.45, 2.75) is 31.3 Å². The molecular weight excluding hydrogens is 314 g/mol. The van der Waals surface area contributed by atoms with E-state index in [0.29, 0.717) is 12.5 Å². The second kappa shape index (κ2) is 5.49. The van der Waals surface area contributed by atoms with Gasteiger partial charge in [0.05, 0.1) is 17.2 Å². The Kier molecular flexibility index (Phi) is 3.80. The summed E-state index contributed by atoms with van der Waals surface area (Å²) >= 11 is 0. The Labute approximate surface area is 127 Å². The van der Waals surface area contributed by atoms with E-state index in [9.17, 15) is 22.0 Å². The molecule has 1 heterocycles. The lowest BCUT2D eigenvalue weighted by Crippen LogP contribution is -2.45. The van der Waals surface area contributed by atoms with Crippen molar-refractivity contribution in [1.29, 1.82) is 0 Å². The zero-order chi connectivity index (χ0) is 15.9. The van der Waals surface area contributed by atoms with Gasteiger partial charge in [0, 0.05) is 18.2 Å². The Hall–Kier alpha value is -1.70. The van der Waals surface area contributed by atoms with Crippen molar-refractivity contribution in [3.63, 3.8) is 0 Å². The van der Waals surface area contributed by atoms with E-state index in [4.69, 9.17) is 0 Å². The van der Waals surface area contributed by atoms with Crippen molar-refractivity contribution in [2.75, 3.05) is 16.8 Å². The predicted molar refractivity (Wildman–Crippen MR) is 77.3 cm³/mol. The Morgan fingerprint density at radius 3 is 2.45 bits per heavy atom. The van der Waals surface area contributed by atoms with E-state index >= 15 is 0 Å². The molecule has 0 bridgehead atoms. The highest BCUT2D eigenvalue weighted by molar-refractivity contribution is 7.91. The highest BCUT2D eigenvalue weighted by Gasteiger charge is 2.42. The number of hydrogen-bond donors (Lipinski definition) is 1. The molecule has 3 rings (SSSR count). The maximum absolute atomic E-state index is 13.6. The van der Waals surface area contributed by atoms with Crippen molar-refractivity contribution in [2.24, 2.45) is 0 Å². The van der Waals surface area contributed by atoms with E-state index in [1.807, 2.05) is 0 Å². The van der Waals surface area contributed by atoms with Gasteiger partial charge in [0.2, 0.25) is 0 Å². The van der Waals surface area contributed by atoms with Gasteiger partial charge in [-0.1, -0.05) is 0 Å². The molecule has 1 aliphatic heterocycles. The SMILES string of the molecule is O=C(Nc1ccc(F)cc1F)N(C1CC1)[C@H]1CCS(=O)(=O)C1. The molecule has 1 aromatic carbocycles. The Bertz CT molecular complexity index is 704. The molecule has 1 N–H and O–H groups in total. The number of urea groups is 1. The van der Waals surface area contributed by atoms with Crippen molar-refractivity contribution >= 4 is 21.6 Å². The molecule has 0 radical (unpaired) electrons. The molecule has 0 unspecified atom stereocenters. The molecule has 1 saturated carbocycles. The molecule has 1 aromatic rings. The number of benzene rings is 1. The number of carbonyl (C=O) groups excluding carboxylic acids is 1. The highest BCUT2D eigenvalue weighted by Crippen LogP contribution is 2.33. The van der Waals surface area contributed by atoms with Crippen LogP contribution in [0.2, 0.25) is 0 Å². The molecule has 0 aromatic heterocycles. The van der Waals surface area contributed by atoms with Crippen LogP contribution in [0.25, 0.3) is 0 Å². The fourth-order valence-corrected chi connectivity index (χ4v) is 4.46.